The van der Waals surface area contributed by atoms with Gasteiger partial charge < -0.3 is 10.2 Å². The van der Waals surface area contributed by atoms with E-state index >= 15 is 0 Å². The van der Waals surface area contributed by atoms with Crippen molar-refractivity contribution < 1.29 is 15.0 Å². The molecule has 3 nitrogen and oxygen atoms in total. The van der Waals surface area contributed by atoms with E-state index < -0.39 is 16.6 Å². The van der Waals surface area contributed by atoms with Crippen molar-refractivity contribution in [3.8, 4) is 0 Å². The lowest BCUT2D eigenvalue weighted by molar-refractivity contribution is -0.165. The molecule has 130 valence electrons. The summed E-state index contributed by atoms with van der Waals surface area (Å²) in [7, 11) is 0. The monoisotopic (exact) mass is 320 g/mol. The molecule has 0 heterocycles. The van der Waals surface area contributed by atoms with E-state index in [1.54, 1.807) is 13.0 Å². The minimum atomic E-state index is -1.06. The Hall–Kier alpha value is -0.930. The van der Waals surface area contributed by atoms with Gasteiger partial charge in [-0.2, -0.15) is 0 Å². The summed E-state index contributed by atoms with van der Waals surface area (Å²) < 4.78 is 0. The van der Waals surface area contributed by atoms with E-state index in [4.69, 9.17) is 0 Å². The van der Waals surface area contributed by atoms with Gasteiger partial charge in [0.05, 0.1) is 11.2 Å². The lowest BCUT2D eigenvalue weighted by Gasteiger charge is -2.59. The minimum absolute atomic E-state index is 0.115. The van der Waals surface area contributed by atoms with Crippen LogP contribution in [0.1, 0.15) is 66.7 Å². The van der Waals surface area contributed by atoms with Gasteiger partial charge in [0.25, 0.3) is 0 Å². The SMILES string of the molecule is C=C[C@](C)(O)CC[C@@]1(O)C(C)=CC(=O)[C@H]2C(C)(C)CCC[C@@]21C. The molecule has 2 aliphatic carbocycles. The average Bonchev–Trinajstić information content (AvgIpc) is 2.42. The Morgan fingerprint density at radius 2 is 2.00 bits per heavy atom. The van der Waals surface area contributed by atoms with Crippen LogP contribution in [0.2, 0.25) is 0 Å². The summed E-state index contributed by atoms with van der Waals surface area (Å²) in [5.41, 5.74) is -1.93. The number of allylic oxidation sites excluding steroid dienone is 1. The van der Waals surface area contributed by atoms with E-state index in [9.17, 15) is 15.0 Å². The summed E-state index contributed by atoms with van der Waals surface area (Å²) in [4.78, 5) is 12.8. The van der Waals surface area contributed by atoms with E-state index in [1.165, 1.54) is 6.08 Å². The first kappa shape index (κ1) is 18.4. The van der Waals surface area contributed by atoms with E-state index in [2.05, 4.69) is 27.4 Å². The first-order valence-electron chi connectivity index (χ1n) is 8.71. The van der Waals surface area contributed by atoms with Gasteiger partial charge in [-0.3, -0.25) is 4.79 Å². The highest BCUT2D eigenvalue weighted by molar-refractivity contribution is 5.95. The van der Waals surface area contributed by atoms with E-state index in [0.717, 1.165) is 24.8 Å². The molecular weight excluding hydrogens is 288 g/mol. The molecule has 0 spiro atoms. The Kier molecular flexibility index (Phi) is 4.45. The zero-order valence-corrected chi connectivity index (χ0v) is 15.3. The Morgan fingerprint density at radius 1 is 1.39 bits per heavy atom. The summed E-state index contributed by atoms with van der Waals surface area (Å²) in [5.74, 6) is -0.0269. The normalized spacial score (nSPS) is 39.2. The molecular formula is C20H32O3. The van der Waals surface area contributed by atoms with Crippen molar-refractivity contribution in [3.05, 3.63) is 24.3 Å². The Labute approximate surface area is 140 Å². The molecule has 0 aromatic heterocycles. The molecule has 0 aromatic rings. The van der Waals surface area contributed by atoms with E-state index in [1.807, 2.05) is 6.92 Å². The molecule has 0 unspecified atom stereocenters. The largest absolute Gasteiger partial charge is 0.386 e. The van der Waals surface area contributed by atoms with Crippen LogP contribution in [0.15, 0.2) is 24.3 Å². The minimum Gasteiger partial charge on any atom is -0.386 e. The van der Waals surface area contributed by atoms with Gasteiger partial charge in [-0.25, -0.2) is 0 Å². The van der Waals surface area contributed by atoms with Crippen molar-refractivity contribution in [3.63, 3.8) is 0 Å². The number of carbonyl (C=O) groups excluding carboxylic acids is 1. The highest BCUT2D eigenvalue weighted by Gasteiger charge is 2.61. The smallest absolute Gasteiger partial charge is 0.160 e. The van der Waals surface area contributed by atoms with Gasteiger partial charge in [-0.15, -0.1) is 6.58 Å². The molecule has 1 fully saturated rings. The highest BCUT2D eigenvalue weighted by Crippen LogP contribution is 2.61. The maximum absolute atomic E-state index is 12.8. The summed E-state index contributed by atoms with van der Waals surface area (Å²) in [6.45, 7) is 13.6. The predicted octanol–water partition coefficient (Wildman–Crippen LogP) is 3.80. The number of rotatable bonds is 4. The fourth-order valence-corrected chi connectivity index (χ4v) is 5.09. The zero-order chi connectivity index (χ0) is 17.7. The number of ketones is 1. The molecule has 4 atom stereocenters. The fraction of sp³-hybridized carbons (Fsp3) is 0.750. The Balaban J connectivity index is 2.47. The number of carbonyl (C=O) groups is 1. The quantitative estimate of drug-likeness (QED) is 0.775. The zero-order valence-electron chi connectivity index (χ0n) is 15.3. The number of hydrogen-bond donors (Lipinski definition) is 2. The molecule has 2 aliphatic rings. The lowest BCUT2D eigenvalue weighted by atomic mass is 9.46. The number of aliphatic hydroxyl groups is 2. The summed E-state index contributed by atoms with van der Waals surface area (Å²) >= 11 is 0. The van der Waals surface area contributed by atoms with Crippen molar-refractivity contribution in [1.82, 2.24) is 0 Å². The van der Waals surface area contributed by atoms with Crippen molar-refractivity contribution in [2.45, 2.75) is 77.9 Å². The van der Waals surface area contributed by atoms with Crippen LogP contribution in [0, 0.1) is 16.7 Å². The molecule has 0 bridgehead atoms. The molecule has 0 saturated heterocycles. The van der Waals surface area contributed by atoms with Crippen LogP contribution >= 0.6 is 0 Å². The maximum atomic E-state index is 12.8. The summed E-state index contributed by atoms with van der Waals surface area (Å²) in [6.07, 6.45) is 6.88. The van der Waals surface area contributed by atoms with Crippen LogP contribution in [0.5, 0.6) is 0 Å². The van der Waals surface area contributed by atoms with Crippen molar-refractivity contribution in [2.24, 2.45) is 16.7 Å². The van der Waals surface area contributed by atoms with Crippen molar-refractivity contribution in [1.29, 1.82) is 0 Å². The molecule has 0 radical (unpaired) electrons. The molecule has 0 aliphatic heterocycles. The third kappa shape index (κ3) is 2.83. The van der Waals surface area contributed by atoms with Crippen LogP contribution in [-0.4, -0.2) is 27.2 Å². The van der Waals surface area contributed by atoms with Gasteiger partial charge in [0, 0.05) is 11.3 Å². The Morgan fingerprint density at radius 3 is 2.57 bits per heavy atom. The van der Waals surface area contributed by atoms with E-state index in [-0.39, 0.29) is 17.1 Å². The van der Waals surface area contributed by atoms with Crippen molar-refractivity contribution in [2.75, 3.05) is 0 Å². The molecule has 2 rings (SSSR count). The topological polar surface area (TPSA) is 57.5 Å². The molecule has 1 saturated carbocycles. The van der Waals surface area contributed by atoms with Gasteiger partial charge in [-0.05, 0) is 56.6 Å². The first-order valence-corrected chi connectivity index (χ1v) is 8.71. The van der Waals surface area contributed by atoms with Crippen LogP contribution in [0.3, 0.4) is 0 Å². The number of hydrogen-bond acceptors (Lipinski definition) is 3. The second-order valence-corrected chi connectivity index (χ2v) is 8.84. The summed E-state index contributed by atoms with van der Waals surface area (Å²) in [5, 5.41) is 21.9. The molecule has 23 heavy (non-hydrogen) atoms. The van der Waals surface area contributed by atoms with Gasteiger partial charge in [0.1, 0.15) is 0 Å². The molecule has 0 amide bonds. The van der Waals surface area contributed by atoms with Crippen LogP contribution < -0.4 is 0 Å². The standard InChI is InChI=1S/C20H32O3/c1-7-18(5,22)11-12-20(23)14(2)13-15(21)16-17(3,4)9-8-10-19(16,20)6/h7,13,16,22-23H,1,8-12H2,2-6H3/t16-,18-,19-,20+/m0/s1. The fourth-order valence-electron chi connectivity index (χ4n) is 5.09. The third-order valence-corrected chi connectivity index (χ3v) is 6.61. The first-order chi connectivity index (χ1) is 10.4. The van der Waals surface area contributed by atoms with Crippen LogP contribution in [-0.2, 0) is 4.79 Å². The van der Waals surface area contributed by atoms with E-state index in [0.29, 0.717) is 12.8 Å². The van der Waals surface area contributed by atoms with Gasteiger partial charge >= 0.3 is 0 Å². The lowest BCUT2D eigenvalue weighted by Crippen LogP contribution is -2.61. The van der Waals surface area contributed by atoms with Crippen molar-refractivity contribution >= 4 is 5.78 Å². The maximum Gasteiger partial charge on any atom is 0.160 e. The third-order valence-electron chi connectivity index (χ3n) is 6.61. The summed E-state index contributed by atoms with van der Waals surface area (Å²) in [6, 6.07) is 0. The average molecular weight is 320 g/mol. The molecule has 3 heteroatoms. The van der Waals surface area contributed by atoms with Gasteiger partial charge in [0.2, 0.25) is 0 Å². The predicted molar refractivity (Wildman–Crippen MR) is 93.0 cm³/mol. The molecule has 0 aromatic carbocycles. The Bertz CT molecular complexity index is 543. The second kappa shape index (κ2) is 5.56. The molecule has 2 N–H and O–H groups in total. The number of fused-ring (bicyclic) bond motifs is 1. The van der Waals surface area contributed by atoms with Gasteiger partial charge in [-0.1, -0.05) is 33.3 Å². The van der Waals surface area contributed by atoms with Gasteiger partial charge in [0.15, 0.2) is 5.78 Å². The second-order valence-electron chi connectivity index (χ2n) is 8.84. The van der Waals surface area contributed by atoms with Crippen LogP contribution in [0.25, 0.3) is 0 Å². The van der Waals surface area contributed by atoms with Crippen LogP contribution in [0.4, 0.5) is 0 Å². The highest BCUT2D eigenvalue weighted by atomic mass is 16.3.